The van der Waals surface area contributed by atoms with Gasteiger partial charge in [0.05, 0.1) is 0 Å². The van der Waals surface area contributed by atoms with Crippen LogP contribution in [-0.2, 0) is 9.59 Å². The van der Waals surface area contributed by atoms with Gasteiger partial charge in [0.25, 0.3) is 0 Å². The monoisotopic (exact) mass is 485 g/mol. The molecule has 0 unspecified atom stereocenters. The van der Waals surface area contributed by atoms with Crippen molar-refractivity contribution >= 4 is 17.9 Å². The molecule has 1 aliphatic carbocycles. The first-order valence-electron chi connectivity index (χ1n) is 13.6. The lowest BCUT2D eigenvalue weighted by molar-refractivity contribution is -0.127. The van der Waals surface area contributed by atoms with Gasteiger partial charge in [-0.05, 0) is 82.4 Å². The normalized spacial score (nSPS) is 15.2. The molecule has 0 spiro atoms. The first-order chi connectivity index (χ1) is 17.2. The summed E-state index contributed by atoms with van der Waals surface area (Å²) in [5.74, 6) is 0.217. The number of hydrogen-bond donors (Lipinski definition) is 5. The van der Waals surface area contributed by atoms with Crippen LogP contribution in [0.1, 0.15) is 69.8 Å². The van der Waals surface area contributed by atoms with Gasteiger partial charge in [0.15, 0.2) is 0 Å². The van der Waals surface area contributed by atoms with Gasteiger partial charge in [-0.15, -0.1) is 0 Å². The predicted octanol–water partition coefficient (Wildman–Crippen LogP) is 2.97. The van der Waals surface area contributed by atoms with Crippen LogP contribution >= 0.6 is 0 Å². The zero-order chi connectivity index (χ0) is 25.0. The highest BCUT2D eigenvalue weighted by atomic mass is 16.2. The number of amides is 2. The van der Waals surface area contributed by atoms with E-state index in [1.54, 1.807) is 6.08 Å². The minimum Gasteiger partial charge on any atom is -0.354 e. The van der Waals surface area contributed by atoms with E-state index in [1.807, 2.05) is 30.3 Å². The Morgan fingerprint density at radius 3 is 2.23 bits per heavy atom. The van der Waals surface area contributed by atoms with Gasteiger partial charge in [-0.1, -0.05) is 62.4 Å². The molecule has 196 valence electrons. The molecule has 1 aliphatic rings. The van der Waals surface area contributed by atoms with Crippen LogP contribution < -0.4 is 27.0 Å². The van der Waals surface area contributed by atoms with Crippen molar-refractivity contribution in [3.05, 3.63) is 42.0 Å². The minimum absolute atomic E-state index is 0.0689. The number of carbonyl (C=O) groups is 2. The van der Waals surface area contributed by atoms with Crippen molar-refractivity contribution in [3.8, 4) is 0 Å². The highest BCUT2D eigenvalue weighted by molar-refractivity contribution is 5.95. The van der Waals surface area contributed by atoms with Gasteiger partial charge in [0, 0.05) is 12.6 Å². The van der Waals surface area contributed by atoms with Crippen LogP contribution in [-0.4, -0.2) is 57.1 Å². The van der Waals surface area contributed by atoms with Gasteiger partial charge in [-0.3, -0.25) is 9.59 Å². The lowest BCUT2D eigenvalue weighted by atomic mass is 9.84. The largest absolute Gasteiger partial charge is 0.354 e. The fourth-order valence-corrected chi connectivity index (χ4v) is 4.47. The van der Waals surface area contributed by atoms with E-state index in [2.05, 4.69) is 21.3 Å². The van der Waals surface area contributed by atoms with Crippen LogP contribution in [0.3, 0.4) is 0 Å². The number of nitrogens with one attached hydrogen (secondary N) is 4. The van der Waals surface area contributed by atoms with Crippen molar-refractivity contribution in [1.29, 1.82) is 0 Å². The lowest BCUT2D eigenvalue weighted by Gasteiger charge is -2.26. The number of benzene rings is 1. The SMILES string of the molecule is NCCCNCCCCNCCCNC(=O)[C@H](CC1CCCCC1)NC(=O)/C=C/c1ccccc1. The van der Waals surface area contributed by atoms with Crippen molar-refractivity contribution < 1.29 is 9.59 Å². The molecule has 6 N–H and O–H groups in total. The van der Waals surface area contributed by atoms with E-state index in [0.29, 0.717) is 18.9 Å². The molecule has 0 radical (unpaired) electrons. The molecule has 0 bridgehead atoms. The summed E-state index contributed by atoms with van der Waals surface area (Å²) in [5.41, 5.74) is 6.45. The molecule has 2 amide bonds. The van der Waals surface area contributed by atoms with Crippen LogP contribution in [0, 0.1) is 5.92 Å². The highest BCUT2D eigenvalue weighted by Crippen LogP contribution is 2.27. The van der Waals surface area contributed by atoms with E-state index in [1.165, 1.54) is 25.3 Å². The van der Waals surface area contributed by atoms with Gasteiger partial charge < -0.3 is 27.0 Å². The van der Waals surface area contributed by atoms with Crippen LogP contribution in [0.15, 0.2) is 36.4 Å². The maximum atomic E-state index is 12.9. The first-order valence-corrected chi connectivity index (χ1v) is 13.6. The molecule has 7 nitrogen and oxygen atoms in total. The summed E-state index contributed by atoms with van der Waals surface area (Å²) in [4.78, 5) is 25.5. The molecule has 0 aromatic heterocycles. The summed E-state index contributed by atoms with van der Waals surface area (Å²) >= 11 is 0. The molecule has 1 atom stereocenters. The number of unbranched alkanes of at least 4 members (excludes halogenated alkanes) is 1. The molecule has 2 rings (SSSR count). The van der Waals surface area contributed by atoms with Gasteiger partial charge >= 0.3 is 0 Å². The van der Waals surface area contributed by atoms with E-state index in [-0.39, 0.29) is 11.8 Å². The van der Waals surface area contributed by atoms with Crippen LogP contribution in [0.25, 0.3) is 6.08 Å². The van der Waals surface area contributed by atoms with Crippen LogP contribution in [0.5, 0.6) is 0 Å². The summed E-state index contributed by atoms with van der Waals surface area (Å²) in [7, 11) is 0. The Bertz CT molecular complexity index is 719. The molecule has 35 heavy (non-hydrogen) atoms. The Morgan fingerprint density at radius 2 is 1.54 bits per heavy atom. The zero-order valence-corrected chi connectivity index (χ0v) is 21.4. The Labute approximate surface area is 212 Å². The molecule has 1 saturated carbocycles. The molecule has 1 aromatic carbocycles. The number of nitrogens with two attached hydrogens (primary N) is 1. The molecular formula is C28H47N5O2. The Hall–Kier alpha value is -2.22. The standard InChI is InChI=1S/C28H47N5O2/c29-17-9-20-30-18-7-8-19-31-21-10-22-32-28(35)26(23-25-13-5-2-6-14-25)33-27(34)16-15-24-11-3-1-4-12-24/h1,3-4,11-12,15-16,25-26,30-31H,2,5-10,13-14,17-23,29H2,(H,32,35)(H,33,34)/b16-15+/t26-/m0/s1. The van der Waals surface area contributed by atoms with Crippen molar-refractivity contribution in [2.24, 2.45) is 11.7 Å². The topological polar surface area (TPSA) is 108 Å². The quantitative estimate of drug-likeness (QED) is 0.162. The molecule has 7 heteroatoms. The third kappa shape index (κ3) is 14.1. The maximum absolute atomic E-state index is 12.9. The summed E-state index contributed by atoms with van der Waals surface area (Å²) < 4.78 is 0. The Kier molecular flexibility index (Phi) is 15.8. The molecule has 1 fully saturated rings. The smallest absolute Gasteiger partial charge is 0.244 e. The second-order valence-corrected chi connectivity index (χ2v) is 9.54. The maximum Gasteiger partial charge on any atom is 0.244 e. The predicted molar refractivity (Wildman–Crippen MR) is 145 cm³/mol. The third-order valence-corrected chi connectivity index (χ3v) is 6.50. The second-order valence-electron chi connectivity index (χ2n) is 9.54. The lowest BCUT2D eigenvalue weighted by Crippen LogP contribution is -2.47. The number of hydrogen-bond acceptors (Lipinski definition) is 5. The average Bonchev–Trinajstić information content (AvgIpc) is 2.89. The van der Waals surface area contributed by atoms with Gasteiger partial charge in [-0.2, -0.15) is 0 Å². The summed E-state index contributed by atoms with van der Waals surface area (Å²) in [6.07, 6.45) is 14.2. The van der Waals surface area contributed by atoms with Crippen molar-refractivity contribution in [3.63, 3.8) is 0 Å². The molecular weight excluding hydrogens is 438 g/mol. The van der Waals surface area contributed by atoms with E-state index >= 15 is 0 Å². The second kappa shape index (κ2) is 19.0. The summed E-state index contributed by atoms with van der Waals surface area (Å²) in [6.45, 7) is 5.25. The molecule has 1 aromatic rings. The molecule has 0 saturated heterocycles. The fourth-order valence-electron chi connectivity index (χ4n) is 4.47. The van der Waals surface area contributed by atoms with Crippen molar-refractivity contribution in [1.82, 2.24) is 21.3 Å². The van der Waals surface area contributed by atoms with E-state index < -0.39 is 6.04 Å². The zero-order valence-electron chi connectivity index (χ0n) is 21.4. The highest BCUT2D eigenvalue weighted by Gasteiger charge is 2.25. The van der Waals surface area contributed by atoms with E-state index in [4.69, 9.17) is 5.73 Å². The minimum atomic E-state index is -0.481. The summed E-state index contributed by atoms with van der Waals surface area (Å²) in [5, 5.41) is 12.8. The van der Waals surface area contributed by atoms with Crippen molar-refractivity contribution in [2.45, 2.75) is 70.3 Å². The molecule has 0 aliphatic heterocycles. The first kappa shape index (κ1) is 29.0. The van der Waals surface area contributed by atoms with Crippen LogP contribution in [0.4, 0.5) is 0 Å². The number of rotatable bonds is 18. The van der Waals surface area contributed by atoms with E-state index in [0.717, 1.165) is 76.8 Å². The number of carbonyl (C=O) groups excluding carboxylic acids is 2. The van der Waals surface area contributed by atoms with Gasteiger partial charge in [0.1, 0.15) is 6.04 Å². The van der Waals surface area contributed by atoms with E-state index in [9.17, 15) is 9.59 Å². The summed E-state index contributed by atoms with van der Waals surface area (Å²) in [6, 6.07) is 9.24. The Morgan fingerprint density at radius 1 is 0.886 bits per heavy atom. The van der Waals surface area contributed by atoms with Gasteiger partial charge in [-0.25, -0.2) is 0 Å². The van der Waals surface area contributed by atoms with Gasteiger partial charge in [0.2, 0.25) is 11.8 Å². The molecule has 0 heterocycles. The average molecular weight is 486 g/mol. The third-order valence-electron chi connectivity index (χ3n) is 6.50. The van der Waals surface area contributed by atoms with Crippen LogP contribution in [0.2, 0.25) is 0 Å². The van der Waals surface area contributed by atoms with Crippen molar-refractivity contribution in [2.75, 3.05) is 39.3 Å². The fraction of sp³-hybridized carbons (Fsp3) is 0.643. The Balaban J connectivity index is 1.67.